The van der Waals surface area contributed by atoms with Crippen molar-refractivity contribution in [3.05, 3.63) is 75.1 Å². The van der Waals surface area contributed by atoms with E-state index >= 15 is 0 Å². The van der Waals surface area contributed by atoms with E-state index in [2.05, 4.69) is 15.4 Å². The minimum absolute atomic E-state index is 0.0675. The van der Waals surface area contributed by atoms with E-state index in [1.54, 1.807) is 21.3 Å². The minimum atomic E-state index is -0.598. The van der Waals surface area contributed by atoms with Gasteiger partial charge in [-0.15, -0.1) is 0 Å². The molecule has 6 rings (SSSR count). The Hall–Kier alpha value is -3.47. The summed E-state index contributed by atoms with van der Waals surface area (Å²) in [6, 6.07) is 8.09. The van der Waals surface area contributed by atoms with Gasteiger partial charge in [0.25, 0.3) is 11.5 Å². The number of rotatable bonds is 4. The fourth-order valence-corrected chi connectivity index (χ4v) is 6.67. The molecule has 11 heteroatoms. The third kappa shape index (κ3) is 4.45. The zero-order chi connectivity index (χ0) is 25.5. The van der Waals surface area contributed by atoms with Crippen LogP contribution in [-0.2, 0) is 0 Å². The van der Waals surface area contributed by atoms with Crippen molar-refractivity contribution in [3.63, 3.8) is 0 Å². The number of hydrogen-bond donors (Lipinski definition) is 1. The Labute approximate surface area is 215 Å². The monoisotopic (exact) mass is 522 g/mol. The van der Waals surface area contributed by atoms with Gasteiger partial charge >= 0.3 is 5.69 Å². The maximum Gasteiger partial charge on any atom is 0.333 e. The summed E-state index contributed by atoms with van der Waals surface area (Å²) in [6.45, 7) is 0. The van der Waals surface area contributed by atoms with Crippen molar-refractivity contribution in [2.75, 3.05) is 11.5 Å². The van der Waals surface area contributed by atoms with Gasteiger partial charge in [0.2, 0.25) is 0 Å². The molecule has 37 heavy (non-hydrogen) atoms. The van der Waals surface area contributed by atoms with Gasteiger partial charge in [0.1, 0.15) is 11.5 Å². The van der Waals surface area contributed by atoms with Crippen LogP contribution in [0.5, 0.6) is 0 Å². The number of hydrogen-bond acceptors (Lipinski definition) is 6. The molecule has 4 aromatic rings. The Bertz CT molecular complexity index is 1560. The summed E-state index contributed by atoms with van der Waals surface area (Å²) in [5.41, 5.74) is 0.585. The standard InChI is InChI=1S/C26H27FN6O3S/c27-16-13-21-23(28-15-16)32(19-8-11-37-12-9-19)26(36)33(25(21)35)18-6-4-17(5-7-18)29-24(34)22-14-20-3-1-2-10-31(20)30-22/h1-3,10,13-15,17-19H,4-9,11-12H2,(H,29,34). The van der Waals surface area contributed by atoms with Crippen LogP contribution in [0.1, 0.15) is 61.1 Å². The highest BCUT2D eigenvalue weighted by molar-refractivity contribution is 7.99. The summed E-state index contributed by atoms with van der Waals surface area (Å²) in [7, 11) is 0. The molecule has 9 nitrogen and oxygen atoms in total. The van der Waals surface area contributed by atoms with Crippen molar-refractivity contribution in [1.82, 2.24) is 29.0 Å². The van der Waals surface area contributed by atoms with Crippen LogP contribution >= 0.6 is 11.8 Å². The van der Waals surface area contributed by atoms with E-state index in [0.29, 0.717) is 31.4 Å². The molecule has 0 unspecified atom stereocenters. The molecule has 2 aliphatic rings. The molecule has 1 aliphatic heterocycles. The van der Waals surface area contributed by atoms with E-state index in [1.807, 2.05) is 30.0 Å². The third-order valence-corrected chi connectivity index (χ3v) is 8.53. The SMILES string of the molecule is O=C(NC1CCC(n2c(=O)c3cc(F)cnc3n(C3CCSCC3)c2=O)CC1)c1cc2ccccn2n1. The van der Waals surface area contributed by atoms with Gasteiger partial charge in [-0.3, -0.25) is 18.7 Å². The van der Waals surface area contributed by atoms with E-state index in [0.717, 1.165) is 36.1 Å². The van der Waals surface area contributed by atoms with Crippen molar-refractivity contribution in [3.8, 4) is 0 Å². The van der Waals surface area contributed by atoms with Gasteiger partial charge in [0.05, 0.1) is 17.1 Å². The third-order valence-electron chi connectivity index (χ3n) is 7.48. The van der Waals surface area contributed by atoms with Crippen LogP contribution in [0.3, 0.4) is 0 Å². The fraction of sp³-hybridized carbons (Fsp3) is 0.423. The molecule has 4 aromatic heterocycles. The lowest BCUT2D eigenvalue weighted by Crippen LogP contribution is -2.46. The van der Waals surface area contributed by atoms with Crippen molar-refractivity contribution < 1.29 is 9.18 Å². The van der Waals surface area contributed by atoms with Gasteiger partial charge in [0.15, 0.2) is 5.69 Å². The van der Waals surface area contributed by atoms with Crippen LogP contribution in [0, 0.1) is 5.82 Å². The molecule has 5 heterocycles. The number of thioether (sulfide) groups is 1. The highest BCUT2D eigenvalue weighted by Crippen LogP contribution is 2.30. The Morgan fingerprint density at radius 3 is 2.51 bits per heavy atom. The molecule has 1 N–H and O–H groups in total. The van der Waals surface area contributed by atoms with E-state index in [9.17, 15) is 18.8 Å². The summed E-state index contributed by atoms with van der Waals surface area (Å²) in [5, 5.41) is 7.52. The number of pyridine rings is 2. The smallest absolute Gasteiger partial charge is 0.333 e. The first-order valence-corrected chi connectivity index (χ1v) is 13.8. The topological polar surface area (TPSA) is 103 Å². The maximum atomic E-state index is 14.1. The van der Waals surface area contributed by atoms with Crippen LogP contribution in [0.4, 0.5) is 4.39 Å². The van der Waals surface area contributed by atoms with E-state index in [4.69, 9.17) is 0 Å². The number of carbonyl (C=O) groups excluding carboxylic acids is 1. The first-order valence-electron chi connectivity index (χ1n) is 12.6. The summed E-state index contributed by atoms with van der Waals surface area (Å²) in [4.78, 5) is 44.1. The van der Waals surface area contributed by atoms with Crippen molar-refractivity contribution >= 4 is 34.2 Å². The molecule has 0 spiro atoms. The lowest BCUT2D eigenvalue weighted by Gasteiger charge is -2.31. The molecule has 2 fully saturated rings. The molecule has 192 valence electrons. The largest absolute Gasteiger partial charge is 0.348 e. The van der Waals surface area contributed by atoms with Crippen LogP contribution < -0.4 is 16.6 Å². The Morgan fingerprint density at radius 1 is 1.00 bits per heavy atom. The molecule has 1 aliphatic carbocycles. The fourth-order valence-electron chi connectivity index (χ4n) is 5.59. The quantitative estimate of drug-likeness (QED) is 0.441. The molecular weight excluding hydrogens is 495 g/mol. The lowest BCUT2D eigenvalue weighted by atomic mass is 9.90. The van der Waals surface area contributed by atoms with Crippen LogP contribution in [-0.4, -0.2) is 47.2 Å². The summed E-state index contributed by atoms with van der Waals surface area (Å²) < 4.78 is 18.7. The first-order chi connectivity index (χ1) is 18.0. The van der Waals surface area contributed by atoms with Crippen molar-refractivity contribution in [2.24, 2.45) is 0 Å². The molecule has 1 saturated carbocycles. The predicted octanol–water partition coefficient (Wildman–Crippen LogP) is 3.33. The predicted molar refractivity (Wildman–Crippen MR) is 140 cm³/mol. The molecule has 0 bridgehead atoms. The average molecular weight is 523 g/mol. The Morgan fingerprint density at radius 2 is 1.76 bits per heavy atom. The number of fused-ring (bicyclic) bond motifs is 2. The normalized spacial score (nSPS) is 20.9. The first kappa shape index (κ1) is 23.9. The molecule has 0 atom stereocenters. The summed E-state index contributed by atoms with van der Waals surface area (Å²) in [6.07, 6.45) is 6.82. The number of nitrogens with zero attached hydrogens (tertiary/aromatic N) is 5. The van der Waals surface area contributed by atoms with E-state index in [1.165, 1.54) is 10.6 Å². The molecule has 0 radical (unpaired) electrons. The van der Waals surface area contributed by atoms with Gasteiger partial charge in [-0.05, 0) is 74.3 Å². The van der Waals surface area contributed by atoms with Crippen LogP contribution in [0.15, 0.2) is 52.3 Å². The summed E-state index contributed by atoms with van der Waals surface area (Å²) >= 11 is 1.84. The molecule has 1 saturated heterocycles. The number of carbonyl (C=O) groups is 1. The van der Waals surface area contributed by atoms with E-state index in [-0.39, 0.29) is 40.8 Å². The van der Waals surface area contributed by atoms with E-state index < -0.39 is 11.4 Å². The van der Waals surface area contributed by atoms with Gasteiger partial charge in [-0.2, -0.15) is 16.9 Å². The van der Waals surface area contributed by atoms with Crippen LogP contribution in [0.2, 0.25) is 0 Å². The average Bonchev–Trinajstić information content (AvgIpc) is 3.36. The maximum absolute atomic E-state index is 14.1. The number of aromatic nitrogens is 5. The van der Waals surface area contributed by atoms with Gasteiger partial charge in [-0.25, -0.2) is 18.7 Å². The lowest BCUT2D eigenvalue weighted by molar-refractivity contribution is 0.0916. The summed E-state index contributed by atoms with van der Waals surface area (Å²) in [5.74, 6) is 1.01. The Balaban J connectivity index is 1.25. The highest BCUT2D eigenvalue weighted by Gasteiger charge is 2.30. The number of nitrogens with one attached hydrogen (secondary N) is 1. The molecular formula is C26H27FN6O3S. The minimum Gasteiger partial charge on any atom is -0.348 e. The molecule has 0 aromatic carbocycles. The second-order valence-electron chi connectivity index (χ2n) is 9.77. The Kier molecular flexibility index (Phi) is 6.31. The second kappa shape index (κ2) is 9.77. The number of halogens is 1. The van der Waals surface area contributed by atoms with Gasteiger partial charge < -0.3 is 5.32 Å². The zero-order valence-corrected chi connectivity index (χ0v) is 21.0. The zero-order valence-electron chi connectivity index (χ0n) is 20.2. The second-order valence-corrected chi connectivity index (χ2v) is 11.0. The van der Waals surface area contributed by atoms with Crippen molar-refractivity contribution in [1.29, 1.82) is 0 Å². The highest BCUT2D eigenvalue weighted by atomic mass is 32.2. The number of amides is 1. The van der Waals surface area contributed by atoms with Crippen LogP contribution in [0.25, 0.3) is 16.6 Å². The van der Waals surface area contributed by atoms with Gasteiger partial charge in [0, 0.05) is 24.3 Å². The van der Waals surface area contributed by atoms with Crippen molar-refractivity contribution in [2.45, 2.75) is 56.7 Å². The van der Waals surface area contributed by atoms with Gasteiger partial charge in [-0.1, -0.05) is 6.07 Å². The molecule has 1 amide bonds.